The molecule has 0 spiro atoms. The Balaban J connectivity index is 1.76. The molecule has 1 N–H and O–H groups in total. The largest absolute Gasteiger partial charge is 0.341 e. The molecule has 0 unspecified atom stereocenters. The van der Waals surface area contributed by atoms with Crippen molar-refractivity contribution in [2.24, 2.45) is 0 Å². The van der Waals surface area contributed by atoms with Gasteiger partial charge >= 0.3 is 6.03 Å². The number of carbonyl (C=O) groups excluding carboxylic acids is 3. The SMILES string of the molecule is C[C@@]1(c2ccc(Cl)cc2Cl)NC(=O)N(CC(=O)N2CCCCCCC2)C1=O. The van der Waals surface area contributed by atoms with Crippen LogP contribution < -0.4 is 5.32 Å². The van der Waals surface area contributed by atoms with Crippen molar-refractivity contribution in [1.29, 1.82) is 0 Å². The van der Waals surface area contributed by atoms with Crippen LogP contribution in [0.1, 0.15) is 44.6 Å². The Morgan fingerprint density at radius 3 is 2.37 bits per heavy atom. The molecular formula is C19H23Cl2N3O3. The lowest BCUT2D eigenvalue weighted by Gasteiger charge is -2.27. The molecule has 1 aromatic rings. The van der Waals surface area contributed by atoms with Crippen LogP contribution in [0.15, 0.2) is 18.2 Å². The second-order valence-electron chi connectivity index (χ2n) is 7.22. The van der Waals surface area contributed by atoms with Gasteiger partial charge in [0, 0.05) is 28.7 Å². The molecule has 0 saturated carbocycles. The average Bonchev–Trinajstić information content (AvgIpc) is 2.78. The minimum Gasteiger partial charge on any atom is -0.341 e. The van der Waals surface area contributed by atoms with Gasteiger partial charge in [-0.15, -0.1) is 0 Å². The molecule has 0 bridgehead atoms. The second kappa shape index (κ2) is 8.07. The lowest BCUT2D eigenvalue weighted by molar-refractivity contribution is -0.139. The number of likely N-dealkylation sites (tertiary alicyclic amines) is 1. The third kappa shape index (κ3) is 4.06. The van der Waals surface area contributed by atoms with Gasteiger partial charge in [0.2, 0.25) is 5.91 Å². The van der Waals surface area contributed by atoms with Crippen molar-refractivity contribution in [3.63, 3.8) is 0 Å². The van der Waals surface area contributed by atoms with Crippen LogP contribution in [0, 0.1) is 0 Å². The first kappa shape index (κ1) is 20.0. The van der Waals surface area contributed by atoms with E-state index in [1.165, 1.54) is 12.5 Å². The molecule has 27 heavy (non-hydrogen) atoms. The number of amides is 4. The van der Waals surface area contributed by atoms with Gasteiger partial charge < -0.3 is 10.2 Å². The van der Waals surface area contributed by atoms with Crippen LogP contribution in [0.5, 0.6) is 0 Å². The van der Waals surface area contributed by atoms with Crippen LogP contribution in [0.4, 0.5) is 4.79 Å². The van der Waals surface area contributed by atoms with Crippen molar-refractivity contribution in [1.82, 2.24) is 15.1 Å². The third-order valence-electron chi connectivity index (χ3n) is 5.25. The predicted octanol–water partition coefficient (Wildman–Crippen LogP) is 3.55. The number of benzene rings is 1. The Hall–Kier alpha value is -1.79. The van der Waals surface area contributed by atoms with E-state index in [0.717, 1.165) is 30.6 Å². The van der Waals surface area contributed by atoms with Crippen LogP contribution in [0.3, 0.4) is 0 Å². The van der Waals surface area contributed by atoms with E-state index < -0.39 is 17.5 Å². The van der Waals surface area contributed by atoms with Gasteiger partial charge in [0.15, 0.2) is 0 Å². The van der Waals surface area contributed by atoms with E-state index in [1.807, 2.05) is 0 Å². The van der Waals surface area contributed by atoms with Crippen LogP contribution in [0.25, 0.3) is 0 Å². The number of hydrogen-bond donors (Lipinski definition) is 1. The summed E-state index contributed by atoms with van der Waals surface area (Å²) in [5.41, 5.74) is -0.872. The smallest absolute Gasteiger partial charge is 0.325 e. The summed E-state index contributed by atoms with van der Waals surface area (Å²) >= 11 is 12.2. The predicted molar refractivity (Wildman–Crippen MR) is 104 cm³/mol. The first-order valence-corrected chi connectivity index (χ1v) is 9.96. The van der Waals surface area contributed by atoms with E-state index in [0.29, 0.717) is 23.7 Å². The molecule has 2 aliphatic rings. The molecular weight excluding hydrogens is 389 g/mol. The fraction of sp³-hybridized carbons (Fsp3) is 0.526. The van der Waals surface area contributed by atoms with Crippen molar-refractivity contribution >= 4 is 41.0 Å². The Morgan fingerprint density at radius 2 is 1.74 bits per heavy atom. The normalized spacial score (nSPS) is 23.8. The molecule has 0 aromatic heterocycles. The average molecular weight is 412 g/mol. The molecule has 6 nitrogen and oxygen atoms in total. The molecule has 2 aliphatic heterocycles. The molecule has 1 aromatic carbocycles. The molecule has 3 rings (SSSR count). The summed E-state index contributed by atoms with van der Waals surface area (Å²) in [5.74, 6) is -0.691. The lowest BCUT2D eigenvalue weighted by Crippen LogP contribution is -2.45. The highest BCUT2D eigenvalue weighted by molar-refractivity contribution is 6.35. The Labute approximate surface area is 168 Å². The highest BCUT2D eigenvalue weighted by Crippen LogP contribution is 2.35. The fourth-order valence-electron chi connectivity index (χ4n) is 3.65. The zero-order valence-electron chi connectivity index (χ0n) is 15.3. The number of rotatable bonds is 3. The summed E-state index contributed by atoms with van der Waals surface area (Å²) in [5, 5.41) is 3.40. The molecule has 2 heterocycles. The van der Waals surface area contributed by atoms with E-state index in [1.54, 1.807) is 24.0 Å². The molecule has 0 aliphatic carbocycles. The topological polar surface area (TPSA) is 69.7 Å². The van der Waals surface area contributed by atoms with Gasteiger partial charge in [-0.1, -0.05) is 48.5 Å². The minimum atomic E-state index is -1.32. The maximum Gasteiger partial charge on any atom is 0.325 e. The van der Waals surface area contributed by atoms with Crippen molar-refractivity contribution in [3.8, 4) is 0 Å². The number of nitrogens with one attached hydrogen (secondary N) is 1. The first-order valence-electron chi connectivity index (χ1n) is 9.20. The van der Waals surface area contributed by atoms with Gasteiger partial charge in [-0.05, 0) is 31.9 Å². The Morgan fingerprint density at radius 1 is 1.11 bits per heavy atom. The summed E-state index contributed by atoms with van der Waals surface area (Å²) in [6.45, 7) is 2.67. The number of nitrogens with zero attached hydrogens (tertiary/aromatic N) is 2. The molecule has 2 saturated heterocycles. The van der Waals surface area contributed by atoms with Gasteiger partial charge in [0.05, 0.1) is 0 Å². The molecule has 146 valence electrons. The van der Waals surface area contributed by atoms with Crippen LogP contribution in [-0.4, -0.2) is 47.3 Å². The Kier molecular flexibility index (Phi) is 5.96. The van der Waals surface area contributed by atoms with Gasteiger partial charge in [-0.2, -0.15) is 0 Å². The first-order chi connectivity index (χ1) is 12.8. The summed E-state index contributed by atoms with van der Waals surface area (Å²) in [4.78, 5) is 40.9. The van der Waals surface area contributed by atoms with E-state index >= 15 is 0 Å². The molecule has 2 fully saturated rings. The second-order valence-corrected chi connectivity index (χ2v) is 8.06. The van der Waals surface area contributed by atoms with Gasteiger partial charge in [0.1, 0.15) is 12.1 Å². The van der Waals surface area contributed by atoms with Gasteiger partial charge in [-0.3, -0.25) is 14.5 Å². The van der Waals surface area contributed by atoms with Crippen molar-refractivity contribution < 1.29 is 14.4 Å². The summed E-state index contributed by atoms with van der Waals surface area (Å²) in [6, 6.07) is 4.17. The van der Waals surface area contributed by atoms with Crippen molar-refractivity contribution in [3.05, 3.63) is 33.8 Å². The number of imide groups is 1. The Bertz CT molecular complexity index is 763. The van der Waals surface area contributed by atoms with E-state index in [2.05, 4.69) is 5.32 Å². The van der Waals surface area contributed by atoms with Crippen LogP contribution >= 0.6 is 23.2 Å². The monoisotopic (exact) mass is 411 g/mol. The van der Waals surface area contributed by atoms with Gasteiger partial charge in [-0.25, -0.2) is 4.79 Å². The quantitative estimate of drug-likeness (QED) is 0.772. The lowest BCUT2D eigenvalue weighted by atomic mass is 9.92. The van der Waals surface area contributed by atoms with E-state index in [9.17, 15) is 14.4 Å². The van der Waals surface area contributed by atoms with E-state index in [4.69, 9.17) is 23.2 Å². The zero-order chi connectivity index (χ0) is 19.6. The molecule has 8 heteroatoms. The number of halogens is 2. The zero-order valence-corrected chi connectivity index (χ0v) is 16.8. The summed E-state index contributed by atoms with van der Waals surface area (Å²) < 4.78 is 0. The third-order valence-corrected chi connectivity index (χ3v) is 5.79. The number of carbonyl (C=O) groups is 3. The minimum absolute atomic E-state index is 0.202. The molecule has 0 radical (unpaired) electrons. The molecule has 4 amide bonds. The van der Waals surface area contributed by atoms with Gasteiger partial charge in [0.25, 0.3) is 5.91 Å². The van der Waals surface area contributed by atoms with Crippen molar-refractivity contribution in [2.45, 2.75) is 44.6 Å². The molecule has 1 atom stereocenters. The highest BCUT2D eigenvalue weighted by atomic mass is 35.5. The number of hydrogen-bond acceptors (Lipinski definition) is 3. The fourth-order valence-corrected chi connectivity index (χ4v) is 4.25. The highest BCUT2D eigenvalue weighted by Gasteiger charge is 2.50. The van der Waals surface area contributed by atoms with Crippen LogP contribution in [0.2, 0.25) is 10.0 Å². The standard InChI is InChI=1S/C19H23Cl2N3O3/c1-19(14-8-7-13(20)11-15(14)21)17(26)24(18(27)22-19)12-16(25)23-9-5-3-2-4-6-10-23/h7-8,11H,2-6,9-10,12H2,1H3,(H,22,27)/t19-/m0/s1. The number of urea groups is 1. The summed E-state index contributed by atoms with van der Waals surface area (Å²) in [6.07, 6.45) is 5.28. The van der Waals surface area contributed by atoms with Crippen LogP contribution in [-0.2, 0) is 15.1 Å². The maximum absolute atomic E-state index is 13.0. The maximum atomic E-state index is 13.0. The van der Waals surface area contributed by atoms with E-state index in [-0.39, 0.29) is 17.5 Å². The summed E-state index contributed by atoms with van der Waals surface area (Å²) in [7, 11) is 0. The van der Waals surface area contributed by atoms with Crippen molar-refractivity contribution in [2.75, 3.05) is 19.6 Å².